The van der Waals surface area contributed by atoms with Crippen LogP contribution in [0.5, 0.6) is 0 Å². The van der Waals surface area contributed by atoms with Crippen LogP contribution in [0.15, 0.2) is 6.20 Å². The van der Waals surface area contributed by atoms with Gasteiger partial charge in [-0.25, -0.2) is 9.97 Å². The summed E-state index contributed by atoms with van der Waals surface area (Å²) >= 11 is 0. The summed E-state index contributed by atoms with van der Waals surface area (Å²) in [6.07, 6.45) is 13.8. The van der Waals surface area contributed by atoms with Gasteiger partial charge >= 0.3 is 0 Å². The van der Waals surface area contributed by atoms with Crippen LogP contribution in [0.2, 0.25) is 0 Å². The lowest BCUT2D eigenvalue weighted by Crippen LogP contribution is -2.16. The predicted molar refractivity (Wildman–Crippen MR) is 85.0 cm³/mol. The van der Waals surface area contributed by atoms with Crippen molar-refractivity contribution >= 4 is 0 Å². The molecule has 0 spiro atoms. The van der Waals surface area contributed by atoms with Gasteiger partial charge in [0.15, 0.2) is 0 Å². The number of nitrogens with zero attached hydrogens (tertiary/aromatic N) is 2. The maximum Gasteiger partial charge on any atom is 0.131 e. The molecule has 1 aliphatic rings. The second-order valence-electron chi connectivity index (χ2n) is 6.45. The first-order valence-corrected chi connectivity index (χ1v) is 8.57. The Balaban J connectivity index is 1.95. The van der Waals surface area contributed by atoms with Gasteiger partial charge in [-0.3, -0.25) is 0 Å². The first kappa shape index (κ1) is 15.5. The Morgan fingerprint density at radius 2 is 1.85 bits per heavy atom. The van der Waals surface area contributed by atoms with Gasteiger partial charge in [0.25, 0.3) is 0 Å². The summed E-state index contributed by atoms with van der Waals surface area (Å²) in [4.78, 5) is 9.49. The fourth-order valence-corrected chi connectivity index (χ4v) is 3.44. The Bertz CT molecular complexity index is 406. The molecule has 0 bridgehead atoms. The number of aromatic nitrogens is 2. The molecule has 0 N–H and O–H groups in total. The molecule has 20 heavy (non-hydrogen) atoms. The Hall–Kier alpha value is -0.920. The average molecular weight is 274 g/mol. The normalized spacial score (nSPS) is 22.9. The number of hydrogen-bond acceptors (Lipinski definition) is 2. The lowest BCUT2D eigenvalue weighted by Gasteiger charge is -2.27. The molecule has 0 radical (unpaired) electrons. The molecule has 2 rings (SSSR count). The van der Waals surface area contributed by atoms with E-state index in [9.17, 15) is 0 Å². The number of aryl methyl sites for hydroxylation is 2. The molecule has 1 aliphatic carbocycles. The zero-order valence-corrected chi connectivity index (χ0v) is 13.5. The summed E-state index contributed by atoms with van der Waals surface area (Å²) in [7, 11) is 0. The first-order chi connectivity index (χ1) is 9.74. The van der Waals surface area contributed by atoms with E-state index < -0.39 is 0 Å². The van der Waals surface area contributed by atoms with Gasteiger partial charge in [-0.2, -0.15) is 0 Å². The maximum absolute atomic E-state index is 4.81. The van der Waals surface area contributed by atoms with Crippen molar-refractivity contribution < 1.29 is 0 Å². The van der Waals surface area contributed by atoms with E-state index in [1.165, 1.54) is 62.6 Å². The van der Waals surface area contributed by atoms with E-state index in [1.54, 1.807) is 0 Å². The lowest BCUT2D eigenvalue weighted by molar-refractivity contribution is 0.302. The van der Waals surface area contributed by atoms with Crippen LogP contribution in [0.4, 0.5) is 0 Å². The van der Waals surface area contributed by atoms with E-state index in [0.29, 0.717) is 5.92 Å². The van der Waals surface area contributed by atoms with E-state index in [0.717, 1.165) is 18.2 Å². The quantitative estimate of drug-likeness (QED) is 0.712. The van der Waals surface area contributed by atoms with Gasteiger partial charge in [-0.15, -0.1) is 0 Å². The van der Waals surface area contributed by atoms with Crippen LogP contribution in [0.25, 0.3) is 0 Å². The minimum absolute atomic E-state index is 0.613. The molecule has 2 nitrogen and oxygen atoms in total. The van der Waals surface area contributed by atoms with Crippen LogP contribution in [0.3, 0.4) is 0 Å². The molecule has 1 fully saturated rings. The molecule has 0 aliphatic heterocycles. The summed E-state index contributed by atoms with van der Waals surface area (Å²) in [5, 5.41) is 0. The third kappa shape index (κ3) is 4.04. The largest absolute Gasteiger partial charge is 0.241 e. The molecule has 0 atom stereocenters. The van der Waals surface area contributed by atoms with Gasteiger partial charge in [0.1, 0.15) is 5.82 Å². The third-order valence-corrected chi connectivity index (χ3v) is 4.81. The Labute approximate surface area is 124 Å². The summed E-state index contributed by atoms with van der Waals surface area (Å²) in [6, 6.07) is 0. The SMILES string of the molecule is CCCCc1cnc([C@H]2CC[C@H](CCC)CC2)nc1C. The van der Waals surface area contributed by atoms with Gasteiger partial charge in [0.2, 0.25) is 0 Å². The lowest BCUT2D eigenvalue weighted by atomic mass is 9.79. The predicted octanol–water partition coefficient (Wildman–Crippen LogP) is 5.20. The van der Waals surface area contributed by atoms with Crippen LogP contribution in [0, 0.1) is 12.8 Å². The molecule has 1 aromatic rings. The van der Waals surface area contributed by atoms with Crippen LogP contribution >= 0.6 is 0 Å². The van der Waals surface area contributed by atoms with E-state index in [4.69, 9.17) is 4.98 Å². The van der Waals surface area contributed by atoms with E-state index in [-0.39, 0.29) is 0 Å². The highest BCUT2D eigenvalue weighted by atomic mass is 14.9. The third-order valence-electron chi connectivity index (χ3n) is 4.81. The van der Waals surface area contributed by atoms with E-state index in [1.807, 2.05) is 0 Å². The zero-order chi connectivity index (χ0) is 14.4. The molecule has 0 amide bonds. The highest BCUT2D eigenvalue weighted by Gasteiger charge is 2.23. The van der Waals surface area contributed by atoms with Crippen molar-refractivity contribution in [3.05, 3.63) is 23.3 Å². The van der Waals surface area contributed by atoms with Gasteiger partial charge in [0, 0.05) is 17.8 Å². The summed E-state index contributed by atoms with van der Waals surface area (Å²) in [5.41, 5.74) is 2.55. The topological polar surface area (TPSA) is 25.8 Å². The Kier molecular flexibility index (Phi) is 6.00. The molecule has 1 saturated carbocycles. The van der Waals surface area contributed by atoms with Gasteiger partial charge in [-0.1, -0.05) is 33.1 Å². The van der Waals surface area contributed by atoms with Crippen LogP contribution in [0.1, 0.15) is 88.2 Å². The fourth-order valence-electron chi connectivity index (χ4n) is 3.44. The van der Waals surface area contributed by atoms with Gasteiger partial charge in [0.05, 0.1) is 0 Å². The number of unbranched alkanes of at least 4 members (excludes halogenated alkanes) is 1. The minimum Gasteiger partial charge on any atom is -0.241 e. The molecular formula is C18H30N2. The van der Waals surface area contributed by atoms with E-state index in [2.05, 4.69) is 32.0 Å². The Morgan fingerprint density at radius 1 is 1.10 bits per heavy atom. The summed E-state index contributed by atoms with van der Waals surface area (Å²) in [5.74, 6) is 2.68. The van der Waals surface area contributed by atoms with E-state index >= 15 is 0 Å². The highest BCUT2D eigenvalue weighted by Crippen LogP contribution is 2.36. The van der Waals surface area contributed by atoms with Gasteiger partial charge in [-0.05, 0) is 56.9 Å². The van der Waals surface area contributed by atoms with Crippen molar-refractivity contribution in [2.75, 3.05) is 0 Å². The smallest absolute Gasteiger partial charge is 0.131 e. The van der Waals surface area contributed by atoms with Crippen LogP contribution in [-0.2, 0) is 6.42 Å². The molecular weight excluding hydrogens is 244 g/mol. The van der Waals surface area contributed by atoms with Crippen molar-refractivity contribution in [1.82, 2.24) is 9.97 Å². The molecule has 112 valence electrons. The zero-order valence-electron chi connectivity index (χ0n) is 13.5. The van der Waals surface area contributed by atoms with Crippen LogP contribution < -0.4 is 0 Å². The molecule has 0 saturated heterocycles. The van der Waals surface area contributed by atoms with Crippen molar-refractivity contribution in [1.29, 1.82) is 0 Å². The molecule has 0 aromatic carbocycles. The molecule has 1 aromatic heterocycles. The van der Waals surface area contributed by atoms with Crippen molar-refractivity contribution in [2.24, 2.45) is 5.92 Å². The molecule has 0 unspecified atom stereocenters. The van der Waals surface area contributed by atoms with Crippen molar-refractivity contribution in [3.63, 3.8) is 0 Å². The summed E-state index contributed by atoms with van der Waals surface area (Å²) in [6.45, 7) is 6.69. The summed E-state index contributed by atoms with van der Waals surface area (Å²) < 4.78 is 0. The Morgan fingerprint density at radius 3 is 2.45 bits per heavy atom. The maximum atomic E-state index is 4.81. The monoisotopic (exact) mass is 274 g/mol. The highest BCUT2D eigenvalue weighted by molar-refractivity contribution is 5.17. The minimum atomic E-state index is 0.613. The molecule has 1 heterocycles. The second-order valence-corrected chi connectivity index (χ2v) is 6.45. The van der Waals surface area contributed by atoms with Crippen molar-refractivity contribution in [2.45, 2.75) is 84.5 Å². The second kappa shape index (κ2) is 7.75. The number of hydrogen-bond donors (Lipinski definition) is 0. The van der Waals surface area contributed by atoms with Crippen LogP contribution in [-0.4, -0.2) is 9.97 Å². The molecule has 2 heteroatoms. The first-order valence-electron chi connectivity index (χ1n) is 8.57. The number of rotatable bonds is 6. The fraction of sp³-hybridized carbons (Fsp3) is 0.778. The average Bonchev–Trinajstić information content (AvgIpc) is 2.47. The van der Waals surface area contributed by atoms with Gasteiger partial charge < -0.3 is 0 Å². The standard InChI is InChI=1S/C18H30N2/c1-4-6-8-17-13-19-18(20-14(17)3)16-11-9-15(7-5-2)10-12-16/h13,15-16H,4-12H2,1-3H3/t15-,16-. The van der Waals surface area contributed by atoms with Crippen molar-refractivity contribution in [3.8, 4) is 0 Å².